The van der Waals surface area contributed by atoms with Crippen molar-refractivity contribution in [1.82, 2.24) is 9.97 Å². The molecule has 3 rings (SSSR count). The Balaban J connectivity index is 1.92. The van der Waals surface area contributed by atoms with E-state index in [4.69, 9.17) is 10.5 Å². The highest BCUT2D eigenvalue weighted by atomic mass is 32.1. The summed E-state index contributed by atoms with van der Waals surface area (Å²) < 4.78 is 6.13. The minimum atomic E-state index is -0.488. The van der Waals surface area contributed by atoms with Gasteiger partial charge in [0, 0.05) is 11.8 Å². The predicted molar refractivity (Wildman–Crippen MR) is 97.2 cm³/mol. The molecule has 0 saturated carbocycles. The highest BCUT2D eigenvalue weighted by Gasteiger charge is 2.11. The summed E-state index contributed by atoms with van der Waals surface area (Å²) >= 11 is 1.44. The fourth-order valence-electron chi connectivity index (χ4n) is 2.29. The van der Waals surface area contributed by atoms with Gasteiger partial charge in [0.1, 0.15) is 0 Å². The number of amides is 1. The van der Waals surface area contributed by atoms with Gasteiger partial charge >= 0.3 is 6.09 Å². The highest BCUT2D eigenvalue weighted by Crippen LogP contribution is 2.30. The van der Waals surface area contributed by atoms with Gasteiger partial charge in [-0.1, -0.05) is 17.4 Å². The quantitative estimate of drug-likeness (QED) is 0.744. The number of aryl methyl sites for hydroxylation is 1. The fourth-order valence-corrected chi connectivity index (χ4v) is 3.07. The molecule has 6 nitrogen and oxygen atoms in total. The standard InChI is InChI=1S/C17H18N4O2S/c1-9(2)23-17(22)21-14-6-12(8-19-10(14)3)11-4-5-13-15(7-11)24-16(18)20-13/h4-9H,1-3H3,(H2,18,20)(H,21,22). The Hall–Kier alpha value is -2.67. The maximum Gasteiger partial charge on any atom is 0.411 e. The van der Waals surface area contributed by atoms with Crippen molar-refractivity contribution in [2.24, 2.45) is 0 Å². The van der Waals surface area contributed by atoms with Gasteiger partial charge in [0.25, 0.3) is 0 Å². The van der Waals surface area contributed by atoms with Crippen molar-refractivity contribution in [3.05, 3.63) is 36.2 Å². The molecule has 2 heterocycles. The van der Waals surface area contributed by atoms with Crippen LogP contribution < -0.4 is 11.1 Å². The average molecular weight is 342 g/mol. The first-order valence-corrected chi connectivity index (χ1v) is 8.35. The van der Waals surface area contributed by atoms with Crippen LogP contribution in [0.1, 0.15) is 19.5 Å². The smallest absolute Gasteiger partial charge is 0.411 e. The first-order chi connectivity index (χ1) is 11.4. The van der Waals surface area contributed by atoms with E-state index in [1.807, 2.05) is 31.2 Å². The number of hydrogen-bond donors (Lipinski definition) is 2. The number of pyridine rings is 1. The van der Waals surface area contributed by atoms with Gasteiger partial charge in [0.05, 0.1) is 27.7 Å². The van der Waals surface area contributed by atoms with E-state index < -0.39 is 6.09 Å². The third-order valence-electron chi connectivity index (χ3n) is 3.40. The molecular formula is C17H18N4O2S. The van der Waals surface area contributed by atoms with E-state index in [1.165, 1.54) is 11.3 Å². The lowest BCUT2D eigenvalue weighted by Crippen LogP contribution is -2.18. The summed E-state index contributed by atoms with van der Waals surface area (Å²) in [6, 6.07) is 7.79. The number of aromatic nitrogens is 2. The van der Waals surface area contributed by atoms with Crippen LogP contribution >= 0.6 is 11.3 Å². The van der Waals surface area contributed by atoms with Crippen molar-refractivity contribution in [3.8, 4) is 11.1 Å². The molecule has 124 valence electrons. The molecule has 0 spiro atoms. The Labute approximate surface area is 143 Å². The topological polar surface area (TPSA) is 90.1 Å². The van der Waals surface area contributed by atoms with Crippen LogP contribution in [0.25, 0.3) is 21.3 Å². The van der Waals surface area contributed by atoms with E-state index in [0.717, 1.165) is 27.0 Å². The second-order valence-corrected chi connectivity index (χ2v) is 6.73. The van der Waals surface area contributed by atoms with E-state index in [-0.39, 0.29) is 6.10 Å². The number of carbonyl (C=O) groups is 1. The largest absolute Gasteiger partial charge is 0.447 e. The molecule has 3 aromatic rings. The molecule has 7 heteroatoms. The second kappa shape index (κ2) is 6.45. The van der Waals surface area contributed by atoms with Gasteiger partial charge in [-0.05, 0) is 44.5 Å². The zero-order valence-electron chi connectivity index (χ0n) is 13.7. The number of nitrogens with one attached hydrogen (secondary N) is 1. The molecule has 0 radical (unpaired) electrons. The lowest BCUT2D eigenvalue weighted by atomic mass is 10.1. The number of benzene rings is 1. The SMILES string of the molecule is Cc1ncc(-c2ccc3nc(N)sc3c2)cc1NC(=O)OC(C)C. The lowest BCUT2D eigenvalue weighted by Gasteiger charge is -2.12. The Morgan fingerprint density at radius 2 is 2.08 bits per heavy atom. The van der Waals surface area contributed by atoms with Crippen LogP contribution in [0.2, 0.25) is 0 Å². The fraction of sp³-hybridized carbons (Fsp3) is 0.235. The van der Waals surface area contributed by atoms with Crippen molar-refractivity contribution in [1.29, 1.82) is 0 Å². The summed E-state index contributed by atoms with van der Waals surface area (Å²) in [5, 5.41) is 3.28. The van der Waals surface area contributed by atoms with Gasteiger partial charge in [-0.25, -0.2) is 9.78 Å². The van der Waals surface area contributed by atoms with Gasteiger partial charge in [-0.2, -0.15) is 0 Å². The number of carbonyl (C=O) groups excluding carboxylic acids is 1. The second-order valence-electron chi connectivity index (χ2n) is 5.67. The van der Waals surface area contributed by atoms with Crippen LogP contribution in [0.3, 0.4) is 0 Å². The molecule has 0 atom stereocenters. The number of nitrogens with two attached hydrogens (primary N) is 1. The summed E-state index contributed by atoms with van der Waals surface area (Å²) in [7, 11) is 0. The lowest BCUT2D eigenvalue weighted by molar-refractivity contribution is 0.130. The Bertz CT molecular complexity index is 905. The number of hydrogen-bond acceptors (Lipinski definition) is 6. The summed E-state index contributed by atoms with van der Waals surface area (Å²) in [4.78, 5) is 20.4. The Morgan fingerprint density at radius 1 is 1.29 bits per heavy atom. The number of ether oxygens (including phenoxy) is 1. The summed E-state index contributed by atoms with van der Waals surface area (Å²) in [6.07, 6.45) is 1.11. The molecule has 2 aromatic heterocycles. The van der Waals surface area contributed by atoms with Crippen molar-refractivity contribution < 1.29 is 9.53 Å². The third kappa shape index (κ3) is 3.46. The molecule has 0 aliphatic heterocycles. The average Bonchev–Trinajstić information content (AvgIpc) is 2.87. The van der Waals surface area contributed by atoms with E-state index in [2.05, 4.69) is 15.3 Å². The molecule has 0 fully saturated rings. The van der Waals surface area contributed by atoms with Crippen LogP contribution in [0.15, 0.2) is 30.5 Å². The molecule has 0 unspecified atom stereocenters. The first-order valence-electron chi connectivity index (χ1n) is 7.53. The Morgan fingerprint density at radius 3 is 2.83 bits per heavy atom. The van der Waals surface area contributed by atoms with Gasteiger partial charge in [0.15, 0.2) is 5.13 Å². The number of nitrogen functional groups attached to an aromatic ring is 1. The molecule has 1 amide bonds. The van der Waals surface area contributed by atoms with E-state index in [1.54, 1.807) is 20.0 Å². The van der Waals surface area contributed by atoms with E-state index in [9.17, 15) is 4.79 Å². The monoisotopic (exact) mass is 342 g/mol. The van der Waals surface area contributed by atoms with Gasteiger partial charge in [-0.15, -0.1) is 0 Å². The van der Waals surface area contributed by atoms with Crippen molar-refractivity contribution in [3.63, 3.8) is 0 Å². The van der Waals surface area contributed by atoms with E-state index >= 15 is 0 Å². The van der Waals surface area contributed by atoms with Crippen molar-refractivity contribution in [2.75, 3.05) is 11.1 Å². The molecule has 0 aliphatic rings. The van der Waals surface area contributed by atoms with Crippen molar-refractivity contribution >= 4 is 38.5 Å². The Kier molecular flexibility index (Phi) is 4.35. The molecular weight excluding hydrogens is 324 g/mol. The summed E-state index contributed by atoms with van der Waals surface area (Å²) in [5.74, 6) is 0. The minimum Gasteiger partial charge on any atom is -0.447 e. The zero-order chi connectivity index (χ0) is 17.3. The van der Waals surface area contributed by atoms with Crippen molar-refractivity contribution in [2.45, 2.75) is 26.9 Å². The third-order valence-corrected chi connectivity index (χ3v) is 4.25. The zero-order valence-corrected chi connectivity index (χ0v) is 14.5. The molecule has 24 heavy (non-hydrogen) atoms. The van der Waals surface area contributed by atoms with Crippen LogP contribution in [-0.4, -0.2) is 22.2 Å². The predicted octanol–water partition coefficient (Wildman–Crippen LogP) is 4.21. The molecule has 0 bridgehead atoms. The van der Waals surface area contributed by atoms with Gasteiger partial charge < -0.3 is 10.5 Å². The number of rotatable bonds is 3. The summed E-state index contributed by atoms with van der Waals surface area (Å²) in [5.41, 5.74) is 9.86. The van der Waals surface area contributed by atoms with Crippen LogP contribution in [0.5, 0.6) is 0 Å². The van der Waals surface area contributed by atoms with Crippen LogP contribution in [0, 0.1) is 6.92 Å². The number of anilines is 2. The maximum atomic E-state index is 11.8. The number of nitrogens with zero attached hydrogens (tertiary/aromatic N) is 2. The molecule has 3 N–H and O–H groups in total. The number of thiazole rings is 1. The summed E-state index contributed by atoms with van der Waals surface area (Å²) in [6.45, 7) is 5.44. The van der Waals surface area contributed by atoms with Crippen LogP contribution in [-0.2, 0) is 4.74 Å². The van der Waals surface area contributed by atoms with Gasteiger partial charge in [0.2, 0.25) is 0 Å². The normalized spacial score (nSPS) is 11.0. The maximum absolute atomic E-state index is 11.8. The number of fused-ring (bicyclic) bond motifs is 1. The minimum absolute atomic E-state index is 0.180. The molecule has 0 saturated heterocycles. The van der Waals surface area contributed by atoms with Gasteiger partial charge in [-0.3, -0.25) is 10.3 Å². The van der Waals surface area contributed by atoms with E-state index in [0.29, 0.717) is 10.8 Å². The molecule has 1 aromatic carbocycles. The molecule has 0 aliphatic carbocycles. The first kappa shape index (κ1) is 16.2. The highest BCUT2D eigenvalue weighted by molar-refractivity contribution is 7.22. The van der Waals surface area contributed by atoms with Crippen LogP contribution in [0.4, 0.5) is 15.6 Å².